The number of halogens is 1. The van der Waals surface area contributed by atoms with Gasteiger partial charge >= 0.3 is 0 Å². The summed E-state index contributed by atoms with van der Waals surface area (Å²) in [5, 5.41) is 4.31. The Kier molecular flexibility index (Phi) is 5.20. The molecule has 0 aliphatic heterocycles. The van der Waals surface area contributed by atoms with E-state index in [2.05, 4.69) is 16.5 Å². The monoisotopic (exact) mass is 425 g/mol. The fourth-order valence-electron chi connectivity index (χ4n) is 3.06. The van der Waals surface area contributed by atoms with Gasteiger partial charge in [0.25, 0.3) is 5.56 Å². The highest BCUT2D eigenvalue weighted by Gasteiger charge is 2.15. The minimum absolute atomic E-state index is 0.255. The number of anilines is 1. The van der Waals surface area contributed by atoms with E-state index in [4.69, 9.17) is 9.26 Å². The second kappa shape index (κ2) is 7.96. The smallest absolute Gasteiger partial charge is 0.255 e. The molecule has 2 aromatic heterocycles. The molecule has 0 aliphatic carbocycles. The largest absolute Gasteiger partial charge is 0.495 e. The number of nitrogens with zero attached hydrogens (tertiary/aromatic N) is 2. The fourth-order valence-corrected chi connectivity index (χ4v) is 3.90. The highest BCUT2D eigenvalue weighted by Crippen LogP contribution is 2.29. The van der Waals surface area contributed by atoms with Crippen LogP contribution in [0.25, 0.3) is 22.7 Å². The van der Waals surface area contributed by atoms with Crippen molar-refractivity contribution in [2.75, 3.05) is 11.8 Å². The first kappa shape index (κ1) is 19.6. The van der Waals surface area contributed by atoms with E-state index in [0.717, 1.165) is 0 Å². The summed E-state index contributed by atoms with van der Waals surface area (Å²) >= 11 is 0. The van der Waals surface area contributed by atoms with Crippen molar-refractivity contribution in [3.05, 3.63) is 83.1 Å². The summed E-state index contributed by atoms with van der Waals surface area (Å²) in [4.78, 5) is 13.1. The summed E-state index contributed by atoms with van der Waals surface area (Å²) in [6, 6.07) is 12.2. The quantitative estimate of drug-likeness (QED) is 0.506. The van der Waals surface area contributed by atoms with Crippen molar-refractivity contribution in [2.45, 2.75) is 4.90 Å². The standard InChI is InChI=1S/C21H16FN3O4S/c1-3-13-11-19(28-2)18(12-16(13)22)25-17-6-5-15(10-14(17)4-7-21(25)26)30(27)24-20-8-9-29-23-20/h3-12H,1H2,2H3,(H,23,24). The lowest BCUT2D eigenvalue weighted by Gasteiger charge is -2.15. The van der Waals surface area contributed by atoms with Gasteiger partial charge in [-0.1, -0.05) is 17.8 Å². The number of fused-ring (bicyclic) bond motifs is 1. The van der Waals surface area contributed by atoms with Gasteiger partial charge < -0.3 is 9.26 Å². The summed E-state index contributed by atoms with van der Waals surface area (Å²) in [6.45, 7) is 3.58. The topological polar surface area (TPSA) is 86.4 Å². The Balaban J connectivity index is 1.85. The maximum atomic E-state index is 14.4. The van der Waals surface area contributed by atoms with Gasteiger partial charge in [-0.25, -0.2) is 8.60 Å². The van der Waals surface area contributed by atoms with E-state index >= 15 is 0 Å². The van der Waals surface area contributed by atoms with E-state index in [-0.39, 0.29) is 16.8 Å². The fraction of sp³-hybridized carbons (Fsp3) is 0.0476. The summed E-state index contributed by atoms with van der Waals surface area (Å²) in [7, 11) is -0.154. The van der Waals surface area contributed by atoms with Crippen LogP contribution in [-0.2, 0) is 11.0 Å². The van der Waals surface area contributed by atoms with Crippen LogP contribution in [0.2, 0.25) is 0 Å². The third kappa shape index (κ3) is 3.50. The number of nitrogens with one attached hydrogen (secondary N) is 1. The van der Waals surface area contributed by atoms with E-state index in [1.54, 1.807) is 30.3 Å². The summed E-state index contributed by atoms with van der Waals surface area (Å²) in [5.41, 5.74) is 0.668. The molecule has 0 spiro atoms. The lowest BCUT2D eigenvalue weighted by molar-refractivity contribution is 0.411. The molecule has 1 unspecified atom stereocenters. The first-order chi connectivity index (χ1) is 14.5. The molecule has 0 amide bonds. The van der Waals surface area contributed by atoms with Crippen molar-refractivity contribution in [1.82, 2.24) is 9.72 Å². The van der Waals surface area contributed by atoms with Gasteiger partial charge in [-0.05, 0) is 30.3 Å². The molecular weight excluding hydrogens is 409 g/mol. The lowest BCUT2D eigenvalue weighted by Crippen LogP contribution is -2.18. The first-order valence-electron chi connectivity index (χ1n) is 8.77. The van der Waals surface area contributed by atoms with Gasteiger partial charge in [0.1, 0.15) is 17.8 Å². The maximum Gasteiger partial charge on any atom is 0.255 e. The first-order valence-corrected chi connectivity index (χ1v) is 9.92. The van der Waals surface area contributed by atoms with Gasteiger partial charge in [0.15, 0.2) is 16.8 Å². The van der Waals surface area contributed by atoms with Crippen LogP contribution in [0.5, 0.6) is 5.75 Å². The van der Waals surface area contributed by atoms with E-state index in [1.807, 2.05) is 0 Å². The summed E-state index contributed by atoms with van der Waals surface area (Å²) in [5.74, 6) is 0.126. The van der Waals surface area contributed by atoms with Crippen LogP contribution in [0.4, 0.5) is 10.2 Å². The molecule has 1 atom stereocenters. The molecule has 0 fully saturated rings. The molecule has 0 bridgehead atoms. The number of pyridine rings is 1. The van der Waals surface area contributed by atoms with E-state index in [9.17, 15) is 13.4 Å². The molecule has 2 aromatic carbocycles. The Hall–Kier alpha value is -3.72. The predicted octanol–water partition coefficient (Wildman–Crippen LogP) is 3.90. The Labute approximate surface area is 173 Å². The number of benzene rings is 2. The van der Waals surface area contributed by atoms with Crippen molar-refractivity contribution in [3.63, 3.8) is 0 Å². The molecule has 1 N–H and O–H groups in total. The van der Waals surface area contributed by atoms with Crippen LogP contribution in [-0.4, -0.2) is 21.0 Å². The SMILES string of the molecule is C=Cc1cc(OC)c(-n2c(=O)ccc3cc(S(=O)Nc4ccon4)ccc32)cc1F. The zero-order chi connectivity index (χ0) is 21.3. The number of hydrogen-bond acceptors (Lipinski definition) is 5. The molecule has 4 aromatic rings. The molecule has 30 heavy (non-hydrogen) atoms. The molecular formula is C21H16FN3O4S. The Bertz CT molecular complexity index is 1330. The van der Waals surface area contributed by atoms with Crippen LogP contribution in [0.15, 0.2) is 75.6 Å². The van der Waals surface area contributed by atoms with Crippen LogP contribution in [0.1, 0.15) is 5.56 Å². The van der Waals surface area contributed by atoms with Crippen LogP contribution < -0.4 is 15.0 Å². The zero-order valence-electron chi connectivity index (χ0n) is 15.8. The lowest BCUT2D eigenvalue weighted by atomic mass is 10.1. The van der Waals surface area contributed by atoms with Gasteiger partial charge in [0, 0.05) is 29.1 Å². The van der Waals surface area contributed by atoms with Crippen molar-refractivity contribution in [2.24, 2.45) is 0 Å². The third-order valence-corrected chi connectivity index (χ3v) is 5.55. The molecule has 9 heteroatoms. The van der Waals surface area contributed by atoms with E-state index < -0.39 is 16.8 Å². The van der Waals surface area contributed by atoms with Crippen molar-refractivity contribution in [1.29, 1.82) is 0 Å². The molecule has 0 saturated heterocycles. The van der Waals surface area contributed by atoms with E-state index in [1.165, 1.54) is 42.2 Å². The van der Waals surface area contributed by atoms with Crippen LogP contribution >= 0.6 is 0 Å². The molecule has 2 heterocycles. The maximum absolute atomic E-state index is 14.4. The average Bonchev–Trinajstić information content (AvgIpc) is 3.26. The molecule has 4 rings (SSSR count). The molecule has 152 valence electrons. The predicted molar refractivity (Wildman–Crippen MR) is 113 cm³/mol. The number of rotatable bonds is 6. The second-order valence-corrected chi connectivity index (χ2v) is 7.45. The summed E-state index contributed by atoms with van der Waals surface area (Å²) in [6.07, 6.45) is 2.74. The Morgan fingerprint density at radius 1 is 1.23 bits per heavy atom. The molecule has 0 saturated carbocycles. The van der Waals surface area contributed by atoms with Crippen molar-refractivity contribution in [3.8, 4) is 11.4 Å². The number of ether oxygens (including phenoxy) is 1. The second-order valence-electron chi connectivity index (χ2n) is 6.23. The van der Waals surface area contributed by atoms with Crippen molar-refractivity contribution >= 4 is 33.8 Å². The van der Waals surface area contributed by atoms with Gasteiger partial charge in [-0.15, -0.1) is 0 Å². The van der Waals surface area contributed by atoms with Crippen molar-refractivity contribution < 1.29 is 17.9 Å². The Morgan fingerprint density at radius 2 is 2.07 bits per heavy atom. The zero-order valence-corrected chi connectivity index (χ0v) is 16.6. The van der Waals surface area contributed by atoms with Gasteiger partial charge in [-0.3, -0.25) is 14.1 Å². The van der Waals surface area contributed by atoms with Gasteiger partial charge in [0.05, 0.1) is 23.2 Å². The molecule has 0 radical (unpaired) electrons. The number of aromatic nitrogens is 2. The Morgan fingerprint density at radius 3 is 2.77 bits per heavy atom. The van der Waals surface area contributed by atoms with Gasteiger partial charge in [-0.2, -0.15) is 0 Å². The average molecular weight is 425 g/mol. The normalized spacial score (nSPS) is 11.9. The highest BCUT2D eigenvalue weighted by atomic mass is 32.2. The van der Waals surface area contributed by atoms with Gasteiger partial charge in [0.2, 0.25) is 0 Å². The molecule has 0 aliphatic rings. The number of methoxy groups -OCH3 is 1. The third-order valence-electron chi connectivity index (χ3n) is 4.47. The minimum Gasteiger partial charge on any atom is -0.495 e. The highest BCUT2D eigenvalue weighted by molar-refractivity contribution is 7.86. The minimum atomic E-state index is -1.59. The number of hydrogen-bond donors (Lipinski definition) is 1. The van der Waals surface area contributed by atoms with Crippen LogP contribution in [0, 0.1) is 5.82 Å². The van der Waals surface area contributed by atoms with E-state index in [0.29, 0.717) is 27.4 Å². The van der Waals surface area contributed by atoms with Crippen LogP contribution in [0.3, 0.4) is 0 Å². The molecule has 7 nitrogen and oxygen atoms in total. The summed E-state index contributed by atoms with van der Waals surface area (Å²) < 4.78 is 41.1.